The van der Waals surface area contributed by atoms with E-state index in [2.05, 4.69) is 27.7 Å². The average Bonchev–Trinajstić information content (AvgIpc) is 3.18. The largest absolute Gasteiger partial charge is 0.464 e. The van der Waals surface area contributed by atoms with Gasteiger partial charge in [0.2, 0.25) is 0 Å². The zero-order valence-corrected chi connectivity index (χ0v) is 38.2. The Balaban J connectivity index is -0.000000353. The van der Waals surface area contributed by atoms with Crippen LogP contribution in [0.25, 0.3) is 0 Å². The van der Waals surface area contributed by atoms with Gasteiger partial charge in [-0.3, -0.25) is 14.4 Å². The Kier molecular flexibility index (Phi) is 48.3. The molecule has 5 atom stereocenters. The molecular weight excluding hydrogens is 752 g/mol. The number of carbonyl (C=O) groups is 6. The van der Waals surface area contributed by atoms with Gasteiger partial charge in [-0.05, 0) is 76.5 Å². The predicted octanol–water partition coefficient (Wildman–Crippen LogP) is 7.05. The molecule has 344 valence electrons. The van der Waals surface area contributed by atoms with E-state index in [0.29, 0.717) is 70.9 Å². The molecular formula is C44H84O14. The molecule has 0 aromatic rings. The number of Topliss-reactive ketones (excluding diaryl/α,β-unsaturated/α-hetero) is 3. The molecule has 58 heavy (non-hydrogen) atoms. The van der Waals surface area contributed by atoms with Gasteiger partial charge < -0.3 is 38.6 Å². The molecule has 0 amide bonds. The van der Waals surface area contributed by atoms with Gasteiger partial charge in [0.15, 0.2) is 17.3 Å². The number of hydrogen-bond acceptors (Lipinski definition) is 14. The number of aliphatic hydroxyl groups excluding tert-OH is 2. The molecule has 0 aromatic carbocycles. The number of esters is 3. The second-order valence-corrected chi connectivity index (χ2v) is 14.2. The third-order valence-electron chi connectivity index (χ3n) is 8.31. The summed E-state index contributed by atoms with van der Waals surface area (Å²) >= 11 is 0. The molecule has 0 aliphatic rings. The minimum atomic E-state index is -0.885. The summed E-state index contributed by atoms with van der Waals surface area (Å²) in [5, 5.41) is 17.9. The number of ketones is 3. The van der Waals surface area contributed by atoms with Crippen molar-refractivity contribution >= 4 is 35.3 Å². The van der Waals surface area contributed by atoms with Crippen LogP contribution in [0.15, 0.2) is 0 Å². The maximum Gasteiger partial charge on any atom is 0.332 e. The Hall–Kier alpha value is -2.78. The quantitative estimate of drug-likeness (QED) is 0.0397. The number of hydrogen-bond donors (Lipinski definition) is 2. The lowest BCUT2D eigenvalue weighted by Gasteiger charge is -2.17. The molecule has 0 aromatic heterocycles. The molecule has 0 bridgehead atoms. The molecule has 0 aliphatic heterocycles. The first-order chi connectivity index (χ1) is 27.6. The third-order valence-corrected chi connectivity index (χ3v) is 8.31. The van der Waals surface area contributed by atoms with Gasteiger partial charge in [-0.25, -0.2) is 14.4 Å². The standard InChI is InChI=1S/C14H26O5.C14H24O5.C10H20O3.C6H14O/c2*1-4-7-11(8-13(16)12(15)5-2)9-18-10-14(17)19-6-3;1-4-6-9(3)7-12-8-10(11)13-5-2;1-3-4-6(2)5-7/h11-12,15H,4-10H2,1-3H3;11H,4-10H2,1-3H3;9H,4-8H2,1-3H3;6-7H,3-5H2,1-2H3/t11-,12?;11-;9-;6-/m1100/s1. The first kappa shape index (κ1) is 61.9. The first-order valence-corrected chi connectivity index (χ1v) is 21.7. The maximum atomic E-state index is 11.7. The van der Waals surface area contributed by atoms with Gasteiger partial charge in [0.25, 0.3) is 0 Å². The van der Waals surface area contributed by atoms with E-state index in [0.717, 1.165) is 44.9 Å². The van der Waals surface area contributed by atoms with Gasteiger partial charge >= 0.3 is 17.9 Å². The van der Waals surface area contributed by atoms with Crippen molar-refractivity contribution in [2.75, 3.05) is 66.1 Å². The monoisotopic (exact) mass is 837 g/mol. The molecule has 0 saturated carbocycles. The summed E-state index contributed by atoms with van der Waals surface area (Å²) in [7, 11) is 0. The van der Waals surface area contributed by atoms with E-state index in [1.807, 2.05) is 13.8 Å². The van der Waals surface area contributed by atoms with Crippen molar-refractivity contribution in [2.24, 2.45) is 23.7 Å². The molecule has 0 fully saturated rings. The van der Waals surface area contributed by atoms with Crippen molar-refractivity contribution in [3.8, 4) is 0 Å². The van der Waals surface area contributed by atoms with E-state index in [1.54, 1.807) is 34.6 Å². The Morgan fingerprint density at radius 3 is 1.21 bits per heavy atom. The minimum Gasteiger partial charge on any atom is -0.464 e. The highest BCUT2D eigenvalue weighted by Crippen LogP contribution is 2.15. The number of rotatable bonds is 32. The Bertz CT molecular complexity index is 1020. The second kappa shape index (κ2) is 45.3. The van der Waals surface area contributed by atoms with Gasteiger partial charge in [-0.15, -0.1) is 0 Å². The van der Waals surface area contributed by atoms with Crippen LogP contribution in [-0.4, -0.2) is 118 Å². The molecule has 14 nitrogen and oxygen atoms in total. The van der Waals surface area contributed by atoms with Crippen LogP contribution < -0.4 is 0 Å². The highest BCUT2D eigenvalue weighted by molar-refractivity contribution is 6.37. The fourth-order valence-electron chi connectivity index (χ4n) is 5.26. The minimum absolute atomic E-state index is 0.0116. The van der Waals surface area contributed by atoms with Crippen molar-refractivity contribution < 1.29 is 67.4 Å². The molecule has 1 unspecified atom stereocenters. The lowest BCUT2D eigenvalue weighted by Crippen LogP contribution is -2.25. The van der Waals surface area contributed by atoms with E-state index in [4.69, 9.17) is 33.5 Å². The Morgan fingerprint density at radius 1 is 0.500 bits per heavy atom. The van der Waals surface area contributed by atoms with E-state index in [-0.39, 0.29) is 67.8 Å². The molecule has 0 spiro atoms. The van der Waals surface area contributed by atoms with Crippen molar-refractivity contribution in [1.82, 2.24) is 0 Å². The molecule has 0 heterocycles. The molecule has 14 heteroatoms. The van der Waals surface area contributed by atoms with Crippen LogP contribution in [-0.2, 0) is 57.2 Å². The molecule has 0 radical (unpaired) electrons. The van der Waals surface area contributed by atoms with E-state index >= 15 is 0 Å². The number of aliphatic hydroxyl groups is 2. The lowest BCUT2D eigenvalue weighted by atomic mass is 9.95. The van der Waals surface area contributed by atoms with Crippen LogP contribution in [0.4, 0.5) is 0 Å². The second-order valence-electron chi connectivity index (χ2n) is 14.2. The predicted molar refractivity (Wildman–Crippen MR) is 225 cm³/mol. The fraction of sp³-hybridized carbons (Fsp3) is 0.864. The topological polar surface area (TPSA) is 198 Å². The summed E-state index contributed by atoms with van der Waals surface area (Å²) in [6.07, 6.45) is 8.38. The van der Waals surface area contributed by atoms with Crippen LogP contribution in [0.1, 0.15) is 153 Å². The van der Waals surface area contributed by atoms with Crippen LogP contribution in [0, 0.1) is 23.7 Å². The molecule has 0 rings (SSSR count). The van der Waals surface area contributed by atoms with Crippen LogP contribution in [0.2, 0.25) is 0 Å². The molecule has 0 aliphatic carbocycles. The van der Waals surface area contributed by atoms with Crippen LogP contribution in [0.3, 0.4) is 0 Å². The summed E-state index contributed by atoms with van der Waals surface area (Å²) in [4.78, 5) is 67.5. The Morgan fingerprint density at radius 2 is 0.879 bits per heavy atom. The van der Waals surface area contributed by atoms with Gasteiger partial charge in [-0.1, -0.05) is 81.1 Å². The molecule has 0 saturated heterocycles. The SMILES string of the molecule is CCC[C@@H](COCC(=O)OCC)CC(=O)C(=O)CC.CCC[C@@H](COCC(=O)OCC)CC(=O)C(O)CC.CCC[C@H](C)CO.CCC[C@H](C)COCC(=O)OCC. The summed E-state index contributed by atoms with van der Waals surface area (Å²) in [5.41, 5.74) is 0. The Labute approximate surface area is 351 Å². The van der Waals surface area contributed by atoms with E-state index in [9.17, 15) is 33.9 Å². The highest BCUT2D eigenvalue weighted by Gasteiger charge is 2.20. The summed E-state index contributed by atoms with van der Waals surface area (Å²) in [5.74, 6) is -0.842. The van der Waals surface area contributed by atoms with Crippen molar-refractivity contribution in [1.29, 1.82) is 0 Å². The maximum absolute atomic E-state index is 11.7. The summed E-state index contributed by atoms with van der Waals surface area (Å²) in [6, 6.07) is 0. The van der Waals surface area contributed by atoms with Crippen molar-refractivity contribution in [3.05, 3.63) is 0 Å². The number of carbonyl (C=O) groups excluding carboxylic acids is 6. The molecule has 2 N–H and O–H groups in total. The van der Waals surface area contributed by atoms with E-state index < -0.39 is 18.0 Å². The highest BCUT2D eigenvalue weighted by atomic mass is 16.6. The van der Waals surface area contributed by atoms with Crippen LogP contribution >= 0.6 is 0 Å². The average molecular weight is 837 g/mol. The van der Waals surface area contributed by atoms with Crippen LogP contribution in [0.5, 0.6) is 0 Å². The summed E-state index contributed by atoms with van der Waals surface area (Å²) in [6.45, 7) is 23.8. The first-order valence-electron chi connectivity index (χ1n) is 21.7. The van der Waals surface area contributed by atoms with Gasteiger partial charge in [0.1, 0.15) is 25.9 Å². The van der Waals surface area contributed by atoms with Crippen molar-refractivity contribution in [3.63, 3.8) is 0 Å². The summed E-state index contributed by atoms with van der Waals surface area (Å²) < 4.78 is 29.9. The fourth-order valence-corrected chi connectivity index (χ4v) is 5.26. The van der Waals surface area contributed by atoms with E-state index in [1.165, 1.54) is 6.42 Å². The number of ether oxygens (including phenoxy) is 6. The van der Waals surface area contributed by atoms with Gasteiger partial charge in [0, 0.05) is 32.5 Å². The van der Waals surface area contributed by atoms with Gasteiger partial charge in [-0.2, -0.15) is 0 Å². The van der Waals surface area contributed by atoms with Crippen molar-refractivity contribution in [2.45, 2.75) is 159 Å². The van der Waals surface area contributed by atoms with Gasteiger partial charge in [0.05, 0.1) is 33.0 Å². The zero-order valence-electron chi connectivity index (χ0n) is 38.2. The third kappa shape index (κ3) is 42.8. The smallest absolute Gasteiger partial charge is 0.332 e. The lowest BCUT2D eigenvalue weighted by molar-refractivity contribution is -0.150. The zero-order chi connectivity index (χ0) is 45.1. The normalized spacial score (nSPS) is 13.0.